The number of hydrogen-bond donors (Lipinski definition) is 0. The van der Waals surface area contributed by atoms with Gasteiger partial charge in [-0.2, -0.15) is 0 Å². The van der Waals surface area contributed by atoms with E-state index in [0.29, 0.717) is 0 Å². The van der Waals surface area contributed by atoms with E-state index in [4.69, 9.17) is 4.42 Å². The normalized spacial score (nSPS) is 11.8. The van der Waals surface area contributed by atoms with E-state index in [1.807, 2.05) is 12.1 Å². The average molecular weight is 612 g/mol. The predicted molar refractivity (Wildman–Crippen MR) is 204 cm³/mol. The third-order valence-electron chi connectivity index (χ3n) is 9.81. The first-order valence-electron chi connectivity index (χ1n) is 16.4. The lowest BCUT2D eigenvalue weighted by Crippen LogP contribution is -2.10. The Kier molecular flexibility index (Phi) is 5.91. The molecule has 10 rings (SSSR count). The number of furan rings is 1. The molecule has 2 heteroatoms. The molecule has 0 aliphatic rings. The number of benzene rings is 9. The molecule has 0 aliphatic carbocycles. The fourth-order valence-electron chi connectivity index (χ4n) is 7.58. The van der Waals surface area contributed by atoms with Gasteiger partial charge in [0, 0.05) is 27.5 Å². The highest BCUT2D eigenvalue weighted by Crippen LogP contribution is 2.44. The van der Waals surface area contributed by atoms with Crippen LogP contribution >= 0.6 is 0 Å². The number of rotatable bonds is 4. The maximum atomic E-state index is 6.24. The van der Waals surface area contributed by atoms with Crippen molar-refractivity contribution in [2.75, 3.05) is 4.90 Å². The zero-order valence-electron chi connectivity index (χ0n) is 26.1. The highest BCUT2D eigenvalue weighted by atomic mass is 16.3. The van der Waals surface area contributed by atoms with Gasteiger partial charge < -0.3 is 9.32 Å². The zero-order chi connectivity index (χ0) is 31.6. The van der Waals surface area contributed by atoms with Crippen LogP contribution < -0.4 is 4.90 Å². The van der Waals surface area contributed by atoms with Crippen LogP contribution in [0.15, 0.2) is 180 Å². The molecule has 224 valence electrons. The van der Waals surface area contributed by atoms with E-state index in [2.05, 4.69) is 169 Å². The smallest absolute Gasteiger partial charge is 0.135 e. The van der Waals surface area contributed by atoms with Crippen molar-refractivity contribution in [3.8, 4) is 11.1 Å². The Labute approximate surface area is 277 Å². The van der Waals surface area contributed by atoms with E-state index in [-0.39, 0.29) is 0 Å². The molecular weight excluding hydrogens is 583 g/mol. The van der Waals surface area contributed by atoms with Crippen LogP contribution in [0.2, 0.25) is 0 Å². The Balaban J connectivity index is 1.21. The third kappa shape index (κ3) is 4.13. The van der Waals surface area contributed by atoms with Crippen LogP contribution in [0.5, 0.6) is 0 Å². The Morgan fingerprint density at radius 1 is 0.333 bits per heavy atom. The summed E-state index contributed by atoms with van der Waals surface area (Å²) in [5.41, 5.74) is 7.54. The molecule has 1 heterocycles. The molecule has 0 amide bonds. The van der Waals surface area contributed by atoms with E-state index in [0.717, 1.165) is 39.0 Å². The van der Waals surface area contributed by atoms with Gasteiger partial charge in [0.05, 0.1) is 5.69 Å². The molecule has 0 unspecified atom stereocenters. The Morgan fingerprint density at radius 2 is 0.854 bits per heavy atom. The van der Waals surface area contributed by atoms with Crippen LogP contribution in [-0.4, -0.2) is 0 Å². The van der Waals surface area contributed by atoms with Crippen molar-refractivity contribution in [3.63, 3.8) is 0 Å². The summed E-state index contributed by atoms with van der Waals surface area (Å²) in [5.74, 6) is 0. The second-order valence-corrected chi connectivity index (χ2v) is 12.5. The number of hydrogen-bond acceptors (Lipinski definition) is 2. The van der Waals surface area contributed by atoms with Crippen molar-refractivity contribution in [2.45, 2.75) is 0 Å². The van der Waals surface area contributed by atoms with Crippen LogP contribution in [0.25, 0.3) is 76.2 Å². The minimum Gasteiger partial charge on any atom is -0.456 e. The molecule has 48 heavy (non-hydrogen) atoms. The monoisotopic (exact) mass is 611 g/mol. The number of nitrogens with zero attached hydrogens (tertiary/aromatic N) is 1. The van der Waals surface area contributed by atoms with Crippen LogP contribution in [0.3, 0.4) is 0 Å². The number of anilines is 3. The van der Waals surface area contributed by atoms with Gasteiger partial charge in [0.15, 0.2) is 0 Å². The van der Waals surface area contributed by atoms with Crippen LogP contribution in [0.1, 0.15) is 0 Å². The van der Waals surface area contributed by atoms with Gasteiger partial charge in [0.1, 0.15) is 11.2 Å². The molecule has 9 aromatic carbocycles. The van der Waals surface area contributed by atoms with Gasteiger partial charge in [-0.25, -0.2) is 0 Å². The van der Waals surface area contributed by atoms with Gasteiger partial charge in [0.25, 0.3) is 0 Å². The van der Waals surface area contributed by atoms with Crippen LogP contribution in [0.4, 0.5) is 17.1 Å². The van der Waals surface area contributed by atoms with Crippen LogP contribution in [0, 0.1) is 0 Å². The molecule has 2 nitrogen and oxygen atoms in total. The topological polar surface area (TPSA) is 16.4 Å². The summed E-state index contributed by atoms with van der Waals surface area (Å²) < 4.78 is 6.24. The quantitative estimate of drug-likeness (QED) is 0.184. The van der Waals surface area contributed by atoms with E-state index >= 15 is 0 Å². The van der Waals surface area contributed by atoms with Crippen molar-refractivity contribution in [3.05, 3.63) is 176 Å². The SMILES string of the molecule is c1ccc2c(c1)cc(-c1ccc(N(c3ccc4oc5ccccc5c4c3)c3cc4ccccc4c4ccccc34)cc1)c1ccccc12. The summed E-state index contributed by atoms with van der Waals surface area (Å²) in [7, 11) is 0. The summed E-state index contributed by atoms with van der Waals surface area (Å²) in [6.07, 6.45) is 0. The molecule has 0 fully saturated rings. The van der Waals surface area contributed by atoms with E-state index in [1.54, 1.807) is 0 Å². The first-order valence-corrected chi connectivity index (χ1v) is 16.4. The zero-order valence-corrected chi connectivity index (χ0v) is 26.1. The molecule has 0 aliphatic heterocycles. The van der Waals surface area contributed by atoms with Gasteiger partial charge in [-0.3, -0.25) is 0 Å². The minimum atomic E-state index is 0.891. The Bertz CT molecular complexity index is 2840. The molecule has 0 atom stereocenters. The molecule has 1 aromatic heterocycles. The summed E-state index contributed by atoms with van der Waals surface area (Å²) in [6.45, 7) is 0. The van der Waals surface area contributed by atoms with E-state index in [1.165, 1.54) is 54.2 Å². The minimum absolute atomic E-state index is 0.891. The largest absolute Gasteiger partial charge is 0.456 e. The maximum Gasteiger partial charge on any atom is 0.135 e. The van der Waals surface area contributed by atoms with Crippen molar-refractivity contribution in [1.82, 2.24) is 0 Å². The summed E-state index contributed by atoms with van der Waals surface area (Å²) in [5, 5.41) is 12.2. The summed E-state index contributed by atoms with van der Waals surface area (Å²) >= 11 is 0. The van der Waals surface area contributed by atoms with Gasteiger partial charge in [0.2, 0.25) is 0 Å². The van der Waals surface area contributed by atoms with Crippen molar-refractivity contribution >= 4 is 82.1 Å². The van der Waals surface area contributed by atoms with Crippen molar-refractivity contribution in [1.29, 1.82) is 0 Å². The lowest BCUT2D eigenvalue weighted by Gasteiger charge is -2.28. The Hall–Kier alpha value is -6.38. The first kappa shape index (κ1) is 26.8. The first-order chi connectivity index (χ1) is 23.8. The molecule has 0 spiro atoms. The summed E-state index contributed by atoms with van der Waals surface area (Å²) in [4.78, 5) is 2.40. The van der Waals surface area contributed by atoms with Gasteiger partial charge in [-0.05, 0) is 97.4 Å². The van der Waals surface area contributed by atoms with Gasteiger partial charge >= 0.3 is 0 Å². The number of para-hydroxylation sites is 1. The third-order valence-corrected chi connectivity index (χ3v) is 9.81. The van der Waals surface area contributed by atoms with E-state index in [9.17, 15) is 0 Å². The van der Waals surface area contributed by atoms with Crippen molar-refractivity contribution in [2.24, 2.45) is 0 Å². The highest BCUT2D eigenvalue weighted by Gasteiger charge is 2.19. The lowest BCUT2D eigenvalue weighted by atomic mass is 9.93. The Morgan fingerprint density at radius 3 is 1.58 bits per heavy atom. The van der Waals surface area contributed by atoms with Crippen molar-refractivity contribution < 1.29 is 4.42 Å². The maximum absolute atomic E-state index is 6.24. The standard InChI is InChI=1S/C46H29NO/c1-3-13-35-31(11-1)27-42(39-17-6-5-15-37(35)39)30-21-23-33(24-22-30)47(34-25-26-46-43(29-34)41-19-9-10-20-45(41)48-46)44-28-32-12-2-4-14-36(32)38-16-7-8-18-40(38)44/h1-29H. The molecule has 0 radical (unpaired) electrons. The molecule has 0 saturated heterocycles. The fraction of sp³-hybridized carbons (Fsp3) is 0. The number of fused-ring (bicyclic) bond motifs is 9. The second kappa shape index (κ2) is 10.6. The highest BCUT2D eigenvalue weighted by molar-refractivity contribution is 6.16. The predicted octanol–water partition coefficient (Wildman–Crippen LogP) is 13.3. The molecule has 0 N–H and O–H groups in total. The van der Waals surface area contributed by atoms with Gasteiger partial charge in [-0.1, -0.05) is 127 Å². The average Bonchev–Trinajstić information content (AvgIpc) is 3.53. The lowest BCUT2D eigenvalue weighted by molar-refractivity contribution is 0.669. The summed E-state index contributed by atoms with van der Waals surface area (Å²) in [6, 6.07) is 63.4. The van der Waals surface area contributed by atoms with E-state index < -0.39 is 0 Å². The molecule has 0 bridgehead atoms. The molecular formula is C46H29NO. The fourth-order valence-corrected chi connectivity index (χ4v) is 7.58. The molecule has 10 aromatic rings. The van der Waals surface area contributed by atoms with Crippen LogP contribution in [-0.2, 0) is 0 Å². The molecule has 0 saturated carbocycles. The second-order valence-electron chi connectivity index (χ2n) is 12.5. The van der Waals surface area contributed by atoms with Gasteiger partial charge in [-0.15, -0.1) is 0 Å².